The Morgan fingerprint density at radius 2 is 1.11 bits per heavy atom. The molecule has 2 heteroatoms. The minimum Gasteiger partial charge on any atom is -0.310 e. The van der Waals surface area contributed by atoms with Gasteiger partial charge in [-0.2, -0.15) is 0 Å². The zero-order valence-electron chi connectivity index (χ0n) is 30.1. The second-order valence-corrected chi connectivity index (χ2v) is 14.3. The number of para-hydroxylation sites is 2. The van der Waals surface area contributed by atoms with Gasteiger partial charge in [0.25, 0.3) is 0 Å². The van der Waals surface area contributed by atoms with E-state index in [9.17, 15) is 0 Å². The van der Waals surface area contributed by atoms with Gasteiger partial charge in [0, 0.05) is 38.8 Å². The summed E-state index contributed by atoms with van der Waals surface area (Å²) in [7, 11) is 0. The van der Waals surface area contributed by atoms with Gasteiger partial charge in [-0.25, -0.2) is 0 Å². The van der Waals surface area contributed by atoms with Crippen molar-refractivity contribution in [2.75, 3.05) is 4.90 Å². The van der Waals surface area contributed by atoms with Crippen molar-refractivity contribution in [1.82, 2.24) is 4.57 Å². The normalized spacial score (nSPS) is 13.1. The largest absolute Gasteiger partial charge is 0.310 e. The van der Waals surface area contributed by atoms with E-state index in [4.69, 9.17) is 0 Å². The Kier molecular flexibility index (Phi) is 7.82. The Labute approximate surface area is 311 Å². The van der Waals surface area contributed by atoms with Crippen molar-refractivity contribution in [2.24, 2.45) is 0 Å². The number of hydrogen-bond donors (Lipinski definition) is 0. The first kappa shape index (κ1) is 32.3. The van der Waals surface area contributed by atoms with E-state index in [0.29, 0.717) is 0 Å². The molecule has 0 radical (unpaired) electrons. The Bertz CT molecular complexity index is 2650. The molecular formula is C51H40N2. The second kappa shape index (κ2) is 12.8. The van der Waals surface area contributed by atoms with Gasteiger partial charge in [0.05, 0.1) is 16.7 Å². The molecule has 1 heterocycles. The summed E-state index contributed by atoms with van der Waals surface area (Å²) in [5, 5.41) is 2.54. The van der Waals surface area contributed by atoms with Gasteiger partial charge in [0.1, 0.15) is 0 Å². The minimum atomic E-state index is -0.0962. The summed E-state index contributed by atoms with van der Waals surface area (Å²) in [5.74, 6) is 0. The van der Waals surface area contributed by atoms with E-state index in [-0.39, 0.29) is 5.41 Å². The van der Waals surface area contributed by atoms with Crippen molar-refractivity contribution in [3.63, 3.8) is 0 Å². The van der Waals surface area contributed by atoms with E-state index in [0.717, 1.165) is 28.2 Å². The molecule has 2 nitrogen and oxygen atoms in total. The molecule has 0 amide bonds. The number of aromatic nitrogens is 1. The Balaban J connectivity index is 1.13. The maximum absolute atomic E-state index is 4.03. The van der Waals surface area contributed by atoms with Crippen LogP contribution in [-0.4, -0.2) is 4.57 Å². The molecule has 0 saturated heterocycles. The highest BCUT2D eigenvalue weighted by Crippen LogP contribution is 2.54. The second-order valence-electron chi connectivity index (χ2n) is 14.3. The van der Waals surface area contributed by atoms with Crippen LogP contribution in [0.1, 0.15) is 30.5 Å². The zero-order chi connectivity index (χ0) is 36.1. The molecule has 0 unspecified atom stereocenters. The van der Waals surface area contributed by atoms with Crippen LogP contribution in [0.25, 0.3) is 55.3 Å². The Hall–Kier alpha value is -6.64. The van der Waals surface area contributed by atoms with Gasteiger partial charge < -0.3 is 9.47 Å². The number of hydrogen-bond acceptors (Lipinski definition) is 1. The van der Waals surface area contributed by atoms with E-state index in [2.05, 4.69) is 200 Å². The van der Waals surface area contributed by atoms with Crippen LogP contribution in [0.2, 0.25) is 0 Å². The van der Waals surface area contributed by atoms with E-state index >= 15 is 0 Å². The van der Waals surface area contributed by atoms with Crippen LogP contribution in [0.4, 0.5) is 17.1 Å². The predicted molar refractivity (Wildman–Crippen MR) is 227 cm³/mol. The molecule has 8 aromatic rings. The average molecular weight is 681 g/mol. The summed E-state index contributed by atoms with van der Waals surface area (Å²) >= 11 is 0. The molecule has 0 atom stereocenters. The van der Waals surface area contributed by atoms with Crippen molar-refractivity contribution in [3.8, 4) is 27.9 Å². The van der Waals surface area contributed by atoms with Crippen LogP contribution < -0.4 is 4.90 Å². The third-order valence-corrected chi connectivity index (χ3v) is 11.0. The lowest BCUT2D eigenvalue weighted by Crippen LogP contribution is -2.16. The van der Waals surface area contributed by atoms with Crippen molar-refractivity contribution >= 4 is 44.4 Å². The molecule has 0 spiro atoms. The van der Waals surface area contributed by atoms with Crippen molar-refractivity contribution in [3.05, 3.63) is 212 Å². The summed E-state index contributed by atoms with van der Waals surface area (Å²) in [4.78, 5) is 2.40. The van der Waals surface area contributed by atoms with Crippen LogP contribution in [0.3, 0.4) is 0 Å². The summed E-state index contributed by atoms with van der Waals surface area (Å²) in [5.41, 5.74) is 16.7. The average Bonchev–Trinajstić information content (AvgIpc) is 3.67. The van der Waals surface area contributed by atoms with Gasteiger partial charge in [0.15, 0.2) is 0 Å². The number of anilines is 3. The highest BCUT2D eigenvalue weighted by Gasteiger charge is 2.37. The lowest BCUT2D eigenvalue weighted by molar-refractivity contribution is 0.660. The van der Waals surface area contributed by atoms with Crippen LogP contribution in [0, 0.1) is 0 Å². The lowest BCUT2D eigenvalue weighted by atomic mass is 9.82. The highest BCUT2D eigenvalue weighted by atomic mass is 15.1. The number of allylic oxidation sites excluding steroid dienone is 4. The molecule has 254 valence electrons. The molecule has 53 heavy (non-hydrogen) atoms. The smallest absolute Gasteiger partial charge is 0.0543 e. The lowest BCUT2D eigenvalue weighted by Gasteiger charge is -2.29. The monoisotopic (exact) mass is 680 g/mol. The molecular weight excluding hydrogens is 641 g/mol. The quantitative estimate of drug-likeness (QED) is 0.145. The maximum Gasteiger partial charge on any atom is 0.0543 e. The van der Waals surface area contributed by atoms with Gasteiger partial charge >= 0.3 is 0 Å². The zero-order valence-corrected chi connectivity index (χ0v) is 30.1. The summed E-state index contributed by atoms with van der Waals surface area (Å²) < 4.78 is 2.36. The van der Waals surface area contributed by atoms with Crippen LogP contribution in [0.5, 0.6) is 0 Å². The van der Waals surface area contributed by atoms with Crippen molar-refractivity contribution in [2.45, 2.75) is 19.3 Å². The fourth-order valence-corrected chi connectivity index (χ4v) is 8.37. The molecule has 1 aliphatic carbocycles. The molecule has 0 aliphatic heterocycles. The molecule has 0 fully saturated rings. The van der Waals surface area contributed by atoms with Crippen molar-refractivity contribution < 1.29 is 0 Å². The number of fused-ring (bicyclic) bond motifs is 6. The summed E-state index contributed by atoms with van der Waals surface area (Å²) in [6, 6.07) is 59.7. The first-order valence-electron chi connectivity index (χ1n) is 18.3. The topological polar surface area (TPSA) is 8.17 Å². The highest BCUT2D eigenvalue weighted by molar-refractivity contribution is 6.09. The molecule has 0 saturated carbocycles. The first-order valence-corrected chi connectivity index (χ1v) is 18.3. The predicted octanol–water partition coefficient (Wildman–Crippen LogP) is 14.0. The van der Waals surface area contributed by atoms with Gasteiger partial charge in [-0.05, 0) is 93.6 Å². The van der Waals surface area contributed by atoms with Crippen LogP contribution in [0.15, 0.2) is 195 Å². The molecule has 0 bridgehead atoms. The minimum absolute atomic E-state index is 0.0962. The van der Waals surface area contributed by atoms with Gasteiger partial charge in [-0.3, -0.25) is 0 Å². The number of benzene rings is 7. The van der Waals surface area contributed by atoms with Crippen LogP contribution in [-0.2, 0) is 5.41 Å². The van der Waals surface area contributed by atoms with Gasteiger partial charge in [-0.15, -0.1) is 0 Å². The molecule has 1 aromatic heterocycles. The number of rotatable bonds is 8. The number of nitrogens with zero attached hydrogens (tertiary/aromatic N) is 2. The maximum atomic E-state index is 4.03. The Morgan fingerprint density at radius 3 is 1.74 bits per heavy atom. The van der Waals surface area contributed by atoms with E-state index in [1.54, 1.807) is 0 Å². The van der Waals surface area contributed by atoms with E-state index in [1.165, 1.54) is 60.9 Å². The first-order chi connectivity index (χ1) is 26.0. The summed E-state index contributed by atoms with van der Waals surface area (Å²) in [6.45, 7) is 12.6. The van der Waals surface area contributed by atoms with Crippen LogP contribution >= 0.6 is 0 Å². The fourth-order valence-electron chi connectivity index (χ4n) is 8.37. The van der Waals surface area contributed by atoms with Gasteiger partial charge in [-0.1, -0.05) is 154 Å². The molecule has 7 aromatic carbocycles. The Morgan fingerprint density at radius 1 is 0.566 bits per heavy atom. The molecule has 9 rings (SSSR count). The summed E-state index contributed by atoms with van der Waals surface area (Å²) in [6.07, 6.45) is 5.69. The fraction of sp³-hybridized carbons (Fsp3) is 0.0588. The third-order valence-electron chi connectivity index (χ3n) is 11.0. The van der Waals surface area contributed by atoms with Gasteiger partial charge in [0.2, 0.25) is 0 Å². The van der Waals surface area contributed by atoms with Crippen molar-refractivity contribution in [1.29, 1.82) is 0 Å². The van der Waals surface area contributed by atoms with E-state index in [1.807, 2.05) is 18.2 Å². The molecule has 0 N–H and O–H groups in total. The molecule has 1 aliphatic rings. The standard InChI is InChI=1S/C51H40N2/c1-5-14-35(6-2)36-23-29-39(30-24-36)52(49-22-13-19-46-50(49)44-17-7-10-18-45(44)51(46,3)4)40-31-25-37(26-32-40)38-27-33-41(34-28-38)53-47-20-11-8-15-42(47)43-16-9-12-21-48(43)53/h5-34H,1-2H2,3-4H3/b35-14+. The SMILES string of the molecule is C=C/C=C(\C=C)c1ccc(N(c2ccc(-c3ccc(-n4c5ccccc5c5ccccc54)cc3)cc2)c2cccc3c2-c2ccccc2C3(C)C)cc1. The van der Waals surface area contributed by atoms with E-state index < -0.39 is 0 Å². The third kappa shape index (κ3) is 5.26.